The Kier molecular flexibility index (Phi) is 5.53. The molecule has 0 amide bonds. The Hall–Kier alpha value is -0.310. The van der Waals surface area contributed by atoms with Gasteiger partial charge >= 0.3 is 0 Å². The van der Waals surface area contributed by atoms with Crippen LogP contribution < -0.4 is 5.32 Å². The molecule has 1 heterocycles. The average Bonchev–Trinajstić information content (AvgIpc) is 2.57. The van der Waals surface area contributed by atoms with Crippen LogP contribution in [0.2, 0.25) is 5.02 Å². The van der Waals surface area contributed by atoms with Crippen molar-refractivity contribution in [1.82, 2.24) is 5.32 Å². The van der Waals surface area contributed by atoms with Crippen LogP contribution in [0.1, 0.15) is 32.6 Å². The molecule has 1 rings (SSSR count). The van der Waals surface area contributed by atoms with Gasteiger partial charge in [0.2, 0.25) is 0 Å². The summed E-state index contributed by atoms with van der Waals surface area (Å²) in [6.45, 7) is 9.73. The van der Waals surface area contributed by atoms with Gasteiger partial charge in [0.1, 0.15) is 0 Å². The van der Waals surface area contributed by atoms with E-state index in [0.29, 0.717) is 12.0 Å². The maximum absolute atomic E-state index is 5.92. The number of nitrogens with one attached hydrogen (secondary N) is 1. The van der Waals surface area contributed by atoms with Gasteiger partial charge in [0.25, 0.3) is 0 Å². The van der Waals surface area contributed by atoms with E-state index in [9.17, 15) is 0 Å². The molecular weight excluding hydrogens is 238 g/mol. The molecule has 0 fully saturated rings. The molecule has 0 unspecified atom stereocenters. The molecule has 1 aromatic heterocycles. The minimum absolute atomic E-state index is 0.522. The van der Waals surface area contributed by atoms with E-state index < -0.39 is 0 Å². The molecule has 16 heavy (non-hydrogen) atoms. The molecule has 3 heteroatoms. The quantitative estimate of drug-likeness (QED) is 0.822. The summed E-state index contributed by atoms with van der Waals surface area (Å²) in [4.78, 5) is 1.24. The third-order valence-electron chi connectivity index (χ3n) is 2.37. The average molecular weight is 258 g/mol. The summed E-state index contributed by atoms with van der Waals surface area (Å²) >= 11 is 7.61. The van der Waals surface area contributed by atoms with Crippen LogP contribution in [0.15, 0.2) is 17.0 Å². The fourth-order valence-electron chi connectivity index (χ4n) is 1.33. The zero-order valence-corrected chi connectivity index (χ0v) is 12.0. The summed E-state index contributed by atoms with van der Waals surface area (Å²) in [5, 5.41) is 6.26. The lowest BCUT2D eigenvalue weighted by Crippen LogP contribution is -2.26. The first-order valence-electron chi connectivity index (χ1n) is 5.67. The summed E-state index contributed by atoms with van der Waals surface area (Å²) in [5.41, 5.74) is 1.42. The molecular formula is C13H20ClNS. The molecule has 1 nitrogen and oxygen atoms in total. The zero-order chi connectivity index (χ0) is 12.1. The van der Waals surface area contributed by atoms with Gasteiger partial charge in [0.15, 0.2) is 0 Å². The summed E-state index contributed by atoms with van der Waals surface area (Å²) in [7, 11) is 0. The number of rotatable bonds is 5. The minimum Gasteiger partial charge on any atom is -0.311 e. The van der Waals surface area contributed by atoms with E-state index >= 15 is 0 Å². The molecule has 0 saturated carbocycles. The third kappa shape index (κ3) is 4.69. The van der Waals surface area contributed by atoms with Gasteiger partial charge in [0.05, 0.1) is 5.02 Å². The molecule has 0 bridgehead atoms. The van der Waals surface area contributed by atoms with Gasteiger partial charge in [-0.1, -0.05) is 44.9 Å². The zero-order valence-electron chi connectivity index (χ0n) is 10.4. The number of thiophene rings is 1. The second-order valence-electron chi connectivity index (χ2n) is 4.58. The van der Waals surface area contributed by atoms with Gasteiger partial charge in [-0.2, -0.15) is 0 Å². The normalized spacial score (nSPS) is 12.8. The van der Waals surface area contributed by atoms with Crippen LogP contribution in [-0.4, -0.2) is 12.6 Å². The second kappa shape index (κ2) is 6.43. The highest BCUT2D eigenvalue weighted by Gasteiger charge is 2.05. The van der Waals surface area contributed by atoms with Crippen molar-refractivity contribution >= 4 is 29.0 Å². The van der Waals surface area contributed by atoms with Gasteiger partial charge in [0, 0.05) is 22.8 Å². The van der Waals surface area contributed by atoms with Crippen LogP contribution in [0, 0.1) is 5.92 Å². The number of halogens is 1. The molecule has 0 radical (unpaired) electrons. The van der Waals surface area contributed by atoms with Crippen molar-refractivity contribution in [3.05, 3.63) is 26.9 Å². The van der Waals surface area contributed by atoms with Crippen molar-refractivity contribution in [1.29, 1.82) is 0 Å². The van der Waals surface area contributed by atoms with Gasteiger partial charge in [-0.3, -0.25) is 0 Å². The first-order chi connectivity index (χ1) is 7.49. The summed E-state index contributed by atoms with van der Waals surface area (Å²) < 4.78 is 0. The van der Waals surface area contributed by atoms with Crippen LogP contribution in [-0.2, 0) is 0 Å². The standard InChI is InChI=1S/C13H20ClNS/c1-9(2)11(7-15-10(3)4)5-13-6-12(14)8-16-13/h5-6,8-10,15H,7H2,1-4H3. The van der Waals surface area contributed by atoms with E-state index in [1.807, 2.05) is 11.4 Å². The second-order valence-corrected chi connectivity index (χ2v) is 5.96. The van der Waals surface area contributed by atoms with Gasteiger partial charge < -0.3 is 5.32 Å². The van der Waals surface area contributed by atoms with Crippen molar-refractivity contribution in [3.8, 4) is 0 Å². The molecule has 0 aromatic carbocycles. The highest BCUT2D eigenvalue weighted by atomic mass is 35.5. The van der Waals surface area contributed by atoms with Crippen molar-refractivity contribution in [3.63, 3.8) is 0 Å². The lowest BCUT2D eigenvalue weighted by atomic mass is 10.0. The van der Waals surface area contributed by atoms with Crippen LogP contribution in [0.3, 0.4) is 0 Å². The summed E-state index contributed by atoms with van der Waals surface area (Å²) in [6, 6.07) is 2.54. The highest BCUT2D eigenvalue weighted by Crippen LogP contribution is 2.23. The maximum Gasteiger partial charge on any atom is 0.0519 e. The smallest absolute Gasteiger partial charge is 0.0519 e. The van der Waals surface area contributed by atoms with Gasteiger partial charge in [-0.25, -0.2) is 0 Å². The van der Waals surface area contributed by atoms with Gasteiger partial charge in [-0.15, -0.1) is 11.3 Å². The van der Waals surface area contributed by atoms with Crippen molar-refractivity contribution in [2.24, 2.45) is 5.92 Å². The molecule has 0 saturated heterocycles. The SMILES string of the molecule is CC(C)NCC(=Cc1cc(Cl)cs1)C(C)C. The maximum atomic E-state index is 5.92. The van der Waals surface area contributed by atoms with E-state index in [1.54, 1.807) is 11.3 Å². The first-order valence-corrected chi connectivity index (χ1v) is 6.92. The first kappa shape index (κ1) is 13.8. The molecule has 0 aliphatic heterocycles. The van der Waals surface area contributed by atoms with Crippen LogP contribution >= 0.6 is 22.9 Å². The summed E-state index contributed by atoms with van der Waals surface area (Å²) in [5.74, 6) is 0.562. The van der Waals surface area contributed by atoms with Crippen LogP contribution in [0.5, 0.6) is 0 Å². The van der Waals surface area contributed by atoms with Crippen LogP contribution in [0.25, 0.3) is 6.08 Å². The topological polar surface area (TPSA) is 12.0 Å². The van der Waals surface area contributed by atoms with Crippen LogP contribution in [0.4, 0.5) is 0 Å². The molecule has 0 spiro atoms. The Morgan fingerprint density at radius 1 is 1.44 bits per heavy atom. The Morgan fingerprint density at radius 2 is 2.12 bits per heavy atom. The Labute approximate surface area is 108 Å². The fourth-order valence-corrected chi connectivity index (χ4v) is 2.38. The lowest BCUT2D eigenvalue weighted by molar-refractivity contribution is 0.593. The largest absolute Gasteiger partial charge is 0.311 e. The van der Waals surface area contributed by atoms with Gasteiger partial charge in [-0.05, 0) is 18.1 Å². The monoisotopic (exact) mass is 257 g/mol. The predicted octanol–water partition coefficient (Wildman–Crippen LogP) is 4.44. The molecule has 0 atom stereocenters. The Bertz CT molecular complexity index is 353. The van der Waals surface area contributed by atoms with E-state index in [0.717, 1.165) is 11.6 Å². The van der Waals surface area contributed by atoms with Crippen molar-refractivity contribution in [2.75, 3.05) is 6.54 Å². The van der Waals surface area contributed by atoms with Crippen molar-refractivity contribution < 1.29 is 0 Å². The molecule has 0 aliphatic rings. The van der Waals surface area contributed by atoms with E-state index in [2.05, 4.69) is 39.1 Å². The Morgan fingerprint density at radius 3 is 2.56 bits per heavy atom. The summed E-state index contributed by atoms with van der Waals surface area (Å²) in [6.07, 6.45) is 2.25. The fraction of sp³-hybridized carbons (Fsp3) is 0.538. The lowest BCUT2D eigenvalue weighted by Gasteiger charge is -2.14. The Balaban J connectivity index is 2.73. The molecule has 90 valence electrons. The molecule has 1 N–H and O–H groups in total. The highest BCUT2D eigenvalue weighted by molar-refractivity contribution is 7.11. The van der Waals surface area contributed by atoms with E-state index in [1.165, 1.54) is 10.5 Å². The van der Waals surface area contributed by atoms with E-state index in [-0.39, 0.29) is 0 Å². The predicted molar refractivity (Wildman–Crippen MR) is 75.3 cm³/mol. The van der Waals surface area contributed by atoms with Crippen molar-refractivity contribution in [2.45, 2.75) is 33.7 Å². The minimum atomic E-state index is 0.522. The third-order valence-corrected chi connectivity index (χ3v) is 3.60. The van der Waals surface area contributed by atoms with E-state index in [4.69, 9.17) is 11.6 Å². The number of hydrogen-bond acceptors (Lipinski definition) is 2. The number of hydrogen-bond donors (Lipinski definition) is 1. The molecule has 0 aliphatic carbocycles. The molecule has 1 aromatic rings.